The van der Waals surface area contributed by atoms with Crippen LogP contribution in [-0.4, -0.2) is 42.1 Å². The third kappa shape index (κ3) is 3.93. The summed E-state index contributed by atoms with van der Waals surface area (Å²) in [4.78, 5) is 21.0. The molecule has 7 heteroatoms. The fourth-order valence-corrected chi connectivity index (χ4v) is 4.28. The second-order valence-corrected chi connectivity index (χ2v) is 7.70. The summed E-state index contributed by atoms with van der Waals surface area (Å²) in [5.74, 6) is -0.960. The fourth-order valence-electron chi connectivity index (χ4n) is 4.28. The van der Waals surface area contributed by atoms with E-state index in [1.54, 1.807) is 4.90 Å². The van der Waals surface area contributed by atoms with Crippen LogP contribution in [0, 0.1) is 30.4 Å². The first-order valence-corrected chi connectivity index (χ1v) is 9.68. The van der Waals surface area contributed by atoms with E-state index < -0.39 is 11.6 Å². The summed E-state index contributed by atoms with van der Waals surface area (Å²) >= 11 is 0. The van der Waals surface area contributed by atoms with Gasteiger partial charge in [0.2, 0.25) is 0 Å². The Morgan fingerprint density at radius 1 is 1.07 bits per heavy atom. The van der Waals surface area contributed by atoms with Crippen molar-refractivity contribution in [3.8, 4) is 0 Å². The minimum Gasteiger partial charge on any atom is -0.371 e. The van der Waals surface area contributed by atoms with E-state index in [-0.39, 0.29) is 11.7 Å². The molecule has 1 aromatic heterocycles. The largest absolute Gasteiger partial charge is 0.371 e. The predicted octanol–water partition coefficient (Wildman–Crippen LogP) is 4.05. The van der Waals surface area contributed by atoms with Crippen molar-refractivity contribution in [2.75, 3.05) is 36.4 Å². The molecule has 0 radical (unpaired) electrons. The highest BCUT2D eigenvalue weighted by molar-refractivity contribution is 5.89. The molecule has 2 aliphatic heterocycles. The number of rotatable bonds is 2. The minimum atomic E-state index is -0.962. The molecule has 2 amide bonds. The number of urea groups is 1. The second kappa shape index (κ2) is 7.73. The van der Waals surface area contributed by atoms with Crippen molar-refractivity contribution < 1.29 is 13.6 Å². The van der Waals surface area contributed by atoms with Crippen LogP contribution in [0.3, 0.4) is 0 Å². The first-order valence-electron chi connectivity index (χ1n) is 9.68. The number of nitrogens with zero attached hydrogens (tertiary/aromatic N) is 3. The lowest BCUT2D eigenvalue weighted by Gasteiger charge is -2.24. The molecule has 2 aliphatic rings. The molecular weight excluding hydrogens is 362 g/mol. The van der Waals surface area contributed by atoms with Gasteiger partial charge in [-0.15, -0.1) is 0 Å². The molecule has 2 saturated heterocycles. The number of aryl methyl sites for hydroxylation is 1. The standard InChI is InChI=1S/C21H24F2N4O/c1-14-10-18(4-7-24-14)26-8-5-15-12-27(13-16(15)6-9-26)21(28)25-17-2-3-19(22)20(23)11-17/h2-4,7,10-11,15-16H,5-6,8-9,12-13H2,1H3,(H,25,28)/t15-,16+. The Morgan fingerprint density at radius 2 is 1.79 bits per heavy atom. The summed E-state index contributed by atoms with van der Waals surface area (Å²) in [6.45, 7) is 5.32. The molecule has 2 fully saturated rings. The number of halogens is 2. The van der Waals surface area contributed by atoms with E-state index in [1.807, 2.05) is 13.1 Å². The maximum atomic E-state index is 13.3. The van der Waals surface area contributed by atoms with E-state index in [0.29, 0.717) is 24.9 Å². The van der Waals surface area contributed by atoms with Crippen LogP contribution in [0.4, 0.5) is 25.0 Å². The van der Waals surface area contributed by atoms with Gasteiger partial charge in [-0.2, -0.15) is 0 Å². The Hall–Kier alpha value is -2.70. The third-order valence-electron chi connectivity index (χ3n) is 5.82. The van der Waals surface area contributed by atoms with Gasteiger partial charge in [0.1, 0.15) is 0 Å². The molecule has 0 aliphatic carbocycles. The lowest BCUT2D eigenvalue weighted by molar-refractivity contribution is 0.219. The van der Waals surface area contributed by atoms with Crippen molar-refractivity contribution in [1.29, 1.82) is 0 Å². The number of carbonyl (C=O) groups excluding carboxylic acids is 1. The van der Waals surface area contributed by atoms with Crippen LogP contribution in [0.5, 0.6) is 0 Å². The molecule has 0 spiro atoms. The molecular formula is C21H24F2N4O. The molecule has 0 bridgehead atoms. The number of hydrogen-bond acceptors (Lipinski definition) is 3. The Balaban J connectivity index is 1.36. The Morgan fingerprint density at radius 3 is 2.43 bits per heavy atom. The molecule has 148 valence electrons. The van der Waals surface area contributed by atoms with Crippen LogP contribution in [0.2, 0.25) is 0 Å². The van der Waals surface area contributed by atoms with Gasteiger partial charge in [0, 0.05) is 55.5 Å². The zero-order chi connectivity index (χ0) is 19.7. The molecule has 0 unspecified atom stereocenters. The average molecular weight is 386 g/mol. The number of aromatic nitrogens is 1. The molecule has 5 nitrogen and oxygen atoms in total. The number of carbonyl (C=O) groups is 1. The number of amides is 2. The van der Waals surface area contributed by atoms with Gasteiger partial charge >= 0.3 is 6.03 Å². The lowest BCUT2D eigenvalue weighted by Crippen LogP contribution is -2.34. The van der Waals surface area contributed by atoms with Crippen molar-refractivity contribution in [2.45, 2.75) is 19.8 Å². The zero-order valence-corrected chi connectivity index (χ0v) is 15.9. The van der Waals surface area contributed by atoms with Crippen molar-refractivity contribution in [2.24, 2.45) is 11.8 Å². The van der Waals surface area contributed by atoms with Crippen LogP contribution in [-0.2, 0) is 0 Å². The van der Waals surface area contributed by atoms with E-state index in [2.05, 4.69) is 27.3 Å². The lowest BCUT2D eigenvalue weighted by atomic mass is 9.92. The zero-order valence-electron chi connectivity index (χ0n) is 15.9. The quantitative estimate of drug-likeness (QED) is 0.847. The number of likely N-dealkylation sites (tertiary alicyclic amines) is 1. The number of anilines is 2. The molecule has 28 heavy (non-hydrogen) atoms. The van der Waals surface area contributed by atoms with Crippen LogP contribution < -0.4 is 10.2 Å². The topological polar surface area (TPSA) is 48.5 Å². The van der Waals surface area contributed by atoms with Crippen LogP contribution in [0.1, 0.15) is 18.5 Å². The summed E-state index contributed by atoms with van der Waals surface area (Å²) in [6.07, 6.45) is 3.91. The Labute approximate surface area is 163 Å². The van der Waals surface area contributed by atoms with E-state index in [1.165, 1.54) is 11.8 Å². The van der Waals surface area contributed by atoms with Crippen molar-refractivity contribution in [3.05, 3.63) is 53.9 Å². The number of pyridine rings is 1. The second-order valence-electron chi connectivity index (χ2n) is 7.70. The number of hydrogen-bond donors (Lipinski definition) is 1. The molecule has 1 N–H and O–H groups in total. The Bertz CT molecular complexity index is 859. The average Bonchev–Trinajstić information content (AvgIpc) is 2.98. The van der Waals surface area contributed by atoms with Crippen LogP contribution >= 0.6 is 0 Å². The Kier molecular flexibility index (Phi) is 5.15. The van der Waals surface area contributed by atoms with E-state index in [9.17, 15) is 13.6 Å². The summed E-state index contributed by atoms with van der Waals surface area (Å²) in [6, 6.07) is 7.32. The van der Waals surface area contributed by atoms with Gasteiger partial charge < -0.3 is 15.1 Å². The van der Waals surface area contributed by atoms with Crippen molar-refractivity contribution >= 4 is 17.4 Å². The molecule has 2 atom stereocenters. The smallest absolute Gasteiger partial charge is 0.321 e. The molecule has 2 aromatic rings. The van der Waals surface area contributed by atoms with Gasteiger partial charge in [-0.1, -0.05) is 0 Å². The number of nitrogens with one attached hydrogen (secondary N) is 1. The normalized spacial score (nSPS) is 22.0. The highest BCUT2D eigenvalue weighted by atomic mass is 19.2. The summed E-state index contributed by atoms with van der Waals surface area (Å²) in [7, 11) is 0. The monoisotopic (exact) mass is 386 g/mol. The third-order valence-corrected chi connectivity index (χ3v) is 5.82. The van der Waals surface area contributed by atoms with Gasteiger partial charge in [-0.25, -0.2) is 13.6 Å². The van der Waals surface area contributed by atoms with E-state index >= 15 is 0 Å². The highest BCUT2D eigenvalue weighted by Gasteiger charge is 2.37. The summed E-state index contributed by atoms with van der Waals surface area (Å²) in [5, 5.41) is 2.68. The minimum absolute atomic E-state index is 0.249. The van der Waals surface area contributed by atoms with E-state index in [4.69, 9.17) is 0 Å². The molecule has 0 saturated carbocycles. The fraction of sp³-hybridized carbons (Fsp3) is 0.429. The molecule has 3 heterocycles. The molecule has 1 aromatic carbocycles. The summed E-state index contributed by atoms with van der Waals surface area (Å²) < 4.78 is 26.4. The SMILES string of the molecule is Cc1cc(N2CC[C@@H]3CN(C(=O)Nc4ccc(F)c(F)c4)C[C@@H]3CC2)ccn1. The maximum absolute atomic E-state index is 13.3. The van der Waals surface area contributed by atoms with Crippen molar-refractivity contribution in [1.82, 2.24) is 9.88 Å². The number of fused-ring (bicyclic) bond motifs is 1. The first-order chi connectivity index (χ1) is 13.5. The van der Waals surface area contributed by atoms with Crippen molar-refractivity contribution in [3.63, 3.8) is 0 Å². The van der Waals surface area contributed by atoms with Gasteiger partial charge in [-0.3, -0.25) is 4.98 Å². The first kappa shape index (κ1) is 18.7. The number of benzene rings is 1. The van der Waals surface area contributed by atoms with Gasteiger partial charge in [0.25, 0.3) is 0 Å². The van der Waals surface area contributed by atoms with Crippen LogP contribution in [0.15, 0.2) is 36.5 Å². The van der Waals surface area contributed by atoms with Crippen LogP contribution in [0.25, 0.3) is 0 Å². The highest BCUT2D eigenvalue weighted by Crippen LogP contribution is 2.33. The molecule has 4 rings (SSSR count). The van der Waals surface area contributed by atoms with E-state index in [0.717, 1.165) is 43.8 Å². The van der Waals surface area contributed by atoms with Gasteiger partial charge in [0.05, 0.1) is 0 Å². The predicted molar refractivity (Wildman–Crippen MR) is 104 cm³/mol. The van der Waals surface area contributed by atoms with Gasteiger partial charge in [0.15, 0.2) is 11.6 Å². The van der Waals surface area contributed by atoms with Gasteiger partial charge in [-0.05, 0) is 55.9 Å². The maximum Gasteiger partial charge on any atom is 0.321 e. The summed E-state index contributed by atoms with van der Waals surface area (Å²) in [5.41, 5.74) is 2.50.